The summed E-state index contributed by atoms with van der Waals surface area (Å²) < 4.78 is 25.2. The number of benzene rings is 1. The number of likely N-dealkylation sites (tertiary alicyclic amines) is 1. The van der Waals surface area contributed by atoms with E-state index in [1.165, 1.54) is 6.07 Å². The summed E-state index contributed by atoms with van der Waals surface area (Å²) in [5.74, 6) is 0.874. The van der Waals surface area contributed by atoms with Crippen molar-refractivity contribution >= 4 is 39.8 Å². The Balaban J connectivity index is 1.22. The number of aromatic nitrogens is 4. The van der Waals surface area contributed by atoms with Gasteiger partial charge in [-0.2, -0.15) is 0 Å². The zero-order valence-electron chi connectivity index (χ0n) is 24.6. The van der Waals surface area contributed by atoms with E-state index in [0.29, 0.717) is 23.4 Å². The number of nitrogens with zero attached hydrogens (tertiary/aromatic N) is 5. The standard InChI is InChI=1S/C31H36FN7O3/c1-6-19-14-34-27-25-16(9-10-33-27)13-23(39(19)25)28-35-21-12-18(11-20(32)26(21)37(28)5)29(40)38-15-17-7-8-22(38)24(17)36-30(41)42-31(2,3)4/h9-13,17,19,22,24H,6-8,14-15H2,1-5H3,(H,33,34)(H,36,41)/t17-,19?,22-,24-/m1/s1. The van der Waals surface area contributed by atoms with Gasteiger partial charge in [-0.15, -0.1) is 0 Å². The number of piperidine rings is 1. The molecule has 4 atom stereocenters. The first kappa shape index (κ1) is 26.7. The highest BCUT2D eigenvalue weighted by Crippen LogP contribution is 2.41. The van der Waals surface area contributed by atoms with E-state index < -0.39 is 17.5 Å². The number of aryl methyl sites for hydroxylation is 1. The summed E-state index contributed by atoms with van der Waals surface area (Å²) in [7, 11) is 1.81. The van der Waals surface area contributed by atoms with Crippen molar-refractivity contribution in [1.82, 2.24) is 29.3 Å². The van der Waals surface area contributed by atoms with Gasteiger partial charge in [0.05, 0.1) is 34.9 Å². The van der Waals surface area contributed by atoms with E-state index in [1.54, 1.807) is 21.7 Å². The van der Waals surface area contributed by atoms with Crippen LogP contribution in [0, 0.1) is 11.7 Å². The number of halogens is 1. The minimum Gasteiger partial charge on any atom is -0.444 e. The molecule has 5 heterocycles. The summed E-state index contributed by atoms with van der Waals surface area (Å²) in [5.41, 5.74) is 2.36. The number of carbonyl (C=O) groups excluding carboxylic acids is 2. The van der Waals surface area contributed by atoms with E-state index in [4.69, 9.17) is 9.72 Å². The number of anilines is 1. The average molecular weight is 574 g/mol. The first-order valence-corrected chi connectivity index (χ1v) is 14.7. The zero-order chi connectivity index (χ0) is 29.5. The first-order valence-electron chi connectivity index (χ1n) is 14.7. The van der Waals surface area contributed by atoms with Gasteiger partial charge in [-0.25, -0.2) is 19.2 Å². The van der Waals surface area contributed by atoms with Crippen LogP contribution in [0.2, 0.25) is 0 Å². The van der Waals surface area contributed by atoms with Gasteiger partial charge in [-0.1, -0.05) is 6.92 Å². The minimum absolute atomic E-state index is 0.141. The van der Waals surface area contributed by atoms with E-state index in [2.05, 4.69) is 33.2 Å². The summed E-state index contributed by atoms with van der Waals surface area (Å²) in [5, 5.41) is 7.46. The number of hydrogen-bond acceptors (Lipinski definition) is 6. The molecule has 0 spiro atoms. The molecule has 3 aromatic heterocycles. The Morgan fingerprint density at radius 1 is 1.19 bits per heavy atom. The van der Waals surface area contributed by atoms with Crippen molar-refractivity contribution in [3.05, 3.63) is 41.8 Å². The Kier molecular flexibility index (Phi) is 6.00. The predicted octanol–water partition coefficient (Wildman–Crippen LogP) is 5.23. The number of rotatable bonds is 4. The number of amides is 2. The van der Waals surface area contributed by atoms with Crippen LogP contribution in [-0.2, 0) is 11.8 Å². The number of imidazole rings is 1. The lowest BCUT2D eigenvalue weighted by Gasteiger charge is -2.28. The number of carbonyl (C=O) groups is 2. The number of alkyl carbamates (subject to hydrolysis) is 1. The van der Waals surface area contributed by atoms with E-state index >= 15 is 4.39 Å². The second kappa shape index (κ2) is 9.43. The van der Waals surface area contributed by atoms with E-state index in [1.807, 2.05) is 33.9 Å². The molecule has 11 heteroatoms. The van der Waals surface area contributed by atoms with Gasteiger partial charge in [0.25, 0.3) is 5.91 Å². The Bertz CT molecular complexity index is 1750. The number of pyridine rings is 1. The predicted molar refractivity (Wildman–Crippen MR) is 158 cm³/mol. The monoisotopic (exact) mass is 573 g/mol. The van der Waals surface area contributed by atoms with Gasteiger partial charge >= 0.3 is 6.09 Å². The normalized spacial score (nSPS) is 23.0. The van der Waals surface area contributed by atoms with Gasteiger partial charge in [0.15, 0.2) is 11.6 Å². The first-order chi connectivity index (χ1) is 20.0. The highest BCUT2D eigenvalue weighted by Gasteiger charge is 2.50. The molecule has 2 fully saturated rings. The summed E-state index contributed by atoms with van der Waals surface area (Å²) in [6, 6.07) is 6.93. The van der Waals surface area contributed by atoms with Crippen LogP contribution in [-0.4, -0.2) is 66.8 Å². The van der Waals surface area contributed by atoms with Crippen LogP contribution < -0.4 is 10.6 Å². The Labute approximate surface area is 243 Å². The fraction of sp³-hybridized carbons (Fsp3) is 0.484. The molecule has 2 amide bonds. The molecule has 3 aliphatic rings. The topological polar surface area (TPSA) is 106 Å². The smallest absolute Gasteiger partial charge is 0.407 e. The van der Waals surface area contributed by atoms with Gasteiger partial charge in [-0.3, -0.25) is 4.79 Å². The fourth-order valence-electron chi connectivity index (χ4n) is 7.20. The molecule has 2 N–H and O–H groups in total. The average Bonchev–Trinajstić information content (AvgIpc) is 3.69. The molecule has 10 nitrogen and oxygen atoms in total. The maximum atomic E-state index is 15.8. The molecule has 7 rings (SSSR count). The second-order valence-corrected chi connectivity index (χ2v) is 12.8. The number of ether oxygens (including phenoxy) is 1. The third-order valence-corrected chi connectivity index (χ3v) is 9.02. The van der Waals surface area contributed by atoms with Crippen LogP contribution in [0.4, 0.5) is 15.0 Å². The summed E-state index contributed by atoms with van der Waals surface area (Å²) in [4.78, 5) is 37.4. The van der Waals surface area contributed by atoms with Crippen molar-refractivity contribution in [3.63, 3.8) is 0 Å². The lowest BCUT2D eigenvalue weighted by molar-refractivity contribution is 0.0485. The molecule has 220 valence electrons. The molecule has 2 bridgehead atoms. The van der Waals surface area contributed by atoms with Gasteiger partial charge < -0.3 is 29.4 Å². The number of nitrogens with one attached hydrogen (secondary N) is 2. The van der Waals surface area contributed by atoms with Crippen molar-refractivity contribution < 1.29 is 18.7 Å². The third kappa shape index (κ3) is 4.12. The molecule has 1 saturated carbocycles. The molecule has 1 saturated heterocycles. The van der Waals surface area contributed by atoms with E-state index in [0.717, 1.165) is 48.2 Å². The second-order valence-electron chi connectivity index (χ2n) is 12.8. The maximum Gasteiger partial charge on any atom is 0.407 e. The molecular weight excluding hydrogens is 537 g/mol. The molecule has 4 aromatic rings. The zero-order valence-corrected chi connectivity index (χ0v) is 24.6. The van der Waals surface area contributed by atoms with E-state index in [-0.39, 0.29) is 35.5 Å². The summed E-state index contributed by atoms with van der Waals surface area (Å²) in [6.07, 6.45) is 3.93. The van der Waals surface area contributed by atoms with Crippen LogP contribution in [0.25, 0.3) is 33.5 Å². The van der Waals surface area contributed by atoms with Crippen LogP contribution in [0.3, 0.4) is 0 Å². The lowest BCUT2D eigenvalue weighted by Crippen LogP contribution is -2.46. The molecule has 1 unspecified atom stereocenters. The summed E-state index contributed by atoms with van der Waals surface area (Å²) >= 11 is 0. The Morgan fingerprint density at radius 3 is 2.76 bits per heavy atom. The fourth-order valence-corrected chi connectivity index (χ4v) is 7.20. The lowest BCUT2D eigenvalue weighted by atomic mass is 10.1. The van der Waals surface area contributed by atoms with Crippen molar-refractivity contribution in [3.8, 4) is 11.5 Å². The van der Waals surface area contributed by atoms with Crippen LogP contribution >= 0.6 is 0 Å². The van der Waals surface area contributed by atoms with Gasteiger partial charge in [0.1, 0.15) is 16.9 Å². The maximum absolute atomic E-state index is 15.8. The Hall–Kier alpha value is -4.15. The van der Waals surface area contributed by atoms with Crippen molar-refractivity contribution in [2.75, 3.05) is 18.4 Å². The van der Waals surface area contributed by atoms with Crippen LogP contribution in [0.15, 0.2) is 30.5 Å². The molecule has 1 aliphatic carbocycles. The largest absolute Gasteiger partial charge is 0.444 e. The van der Waals surface area contributed by atoms with Crippen molar-refractivity contribution in [2.24, 2.45) is 13.0 Å². The van der Waals surface area contributed by atoms with Crippen LogP contribution in [0.5, 0.6) is 0 Å². The summed E-state index contributed by atoms with van der Waals surface area (Å²) in [6.45, 7) is 8.87. The van der Waals surface area contributed by atoms with E-state index in [9.17, 15) is 9.59 Å². The van der Waals surface area contributed by atoms with Crippen molar-refractivity contribution in [1.29, 1.82) is 0 Å². The quantitative estimate of drug-likeness (QED) is 0.346. The molecule has 0 radical (unpaired) electrons. The van der Waals surface area contributed by atoms with Crippen molar-refractivity contribution in [2.45, 2.75) is 70.7 Å². The minimum atomic E-state index is -0.607. The third-order valence-electron chi connectivity index (χ3n) is 9.02. The highest BCUT2D eigenvalue weighted by atomic mass is 19.1. The SMILES string of the molecule is CCC1CNc2nccc3cc(-c4nc5cc(C(=O)N6C[C@H]7CC[C@@H]6[C@@H]7NC(=O)OC(C)(C)C)cc(F)c5n4C)n1c23. The molecule has 42 heavy (non-hydrogen) atoms. The van der Waals surface area contributed by atoms with Crippen LogP contribution in [0.1, 0.15) is 63.4 Å². The Morgan fingerprint density at radius 2 is 2.00 bits per heavy atom. The molecular formula is C31H36FN7O3. The highest BCUT2D eigenvalue weighted by molar-refractivity contribution is 5.99. The molecule has 2 aliphatic heterocycles. The van der Waals surface area contributed by atoms with Gasteiger partial charge in [0, 0.05) is 37.3 Å². The van der Waals surface area contributed by atoms with Gasteiger partial charge in [-0.05, 0) is 70.2 Å². The molecule has 1 aromatic carbocycles. The number of fused-ring (bicyclic) bond motifs is 3. The van der Waals surface area contributed by atoms with Gasteiger partial charge in [0.2, 0.25) is 0 Å². The number of hydrogen-bond donors (Lipinski definition) is 2.